The molecule has 0 bridgehead atoms. The summed E-state index contributed by atoms with van der Waals surface area (Å²) in [6, 6.07) is 8.47. The minimum atomic E-state index is -0.192. The van der Waals surface area contributed by atoms with E-state index in [1.807, 2.05) is 17.0 Å². The SMILES string of the molecule is CC(C)c1ccc(N2C[C@@H](C(=O)N3CCCC[C@@H]3C)CC2=O)cc1. The third kappa shape index (κ3) is 3.33. The summed E-state index contributed by atoms with van der Waals surface area (Å²) in [5, 5.41) is 0. The first-order chi connectivity index (χ1) is 11.5. The number of hydrogen-bond acceptors (Lipinski definition) is 2. The van der Waals surface area contributed by atoms with Crippen molar-refractivity contribution < 1.29 is 9.59 Å². The molecule has 0 saturated carbocycles. The summed E-state index contributed by atoms with van der Waals surface area (Å²) < 4.78 is 0. The monoisotopic (exact) mass is 328 g/mol. The highest BCUT2D eigenvalue weighted by Crippen LogP contribution is 2.29. The number of piperidine rings is 1. The van der Waals surface area contributed by atoms with E-state index in [0.717, 1.165) is 25.1 Å². The number of rotatable bonds is 3. The lowest BCUT2D eigenvalue weighted by Gasteiger charge is -2.35. The van der Waals surface area contributed by atoms with Gasteiger partial charge in [0.05, 0.1) is 5.92 Å². The maximum Gasteiger partial charge on any atom is 0.228 e. The number of amides is 2. The highest BCUT2D eigenvalue weighted by atomic mass is 16.2. The minimum absolute atomic E-state index is 0.0651. The molecule has 2 aliphatic heterocycles. The Labute approximate surface area is 144 Å². The molecule has 2 atom stereocenters. The molecule has 0 spiro atoms. The molecule has 2 amide bonds. The first kappa shape index (κ1) is 17.0. The van der Waals surface area contributed by atoms with Gasteiger partial charge in [-0.3, -0.25) is 9.59 Å². The third-order valence-corrected chi connectivity index (χ3v) is 5.43. The van der Waals surface area contributed by atoms with Crippen LogP contribution in [-0.2, 0) is 9.59 Å². The normalized spacial score (nSPS) is 24.8. The lowest BCUT2D eigenvalue weighted by Crippen LogP contribution is -2.45. The molecular weight excluding hydrogens is 300 g/mol. The Hall–Kier alpha value is -1.84. The van der Waals surface area contributed by atoms with Gasteiger partial charge in [-0.1, -0.05) is 26.0 Å². The fourth-order valence-electron chi connectivity index (χ4n) is 3.82. The van der Waals surface area contributed by atoms with E-state index in [0.29, 0.717) is 24.9 Å². The second-order valence-electron chi connectivity index (χ2n) is 7.53. The fourth-order valence-corrected chi connectivity index (χ4v) is 3.82. The Morgan fingerprint density at radius 3 is 2.50 bits per heavy atom. The summed E-state index contributed by atoms with van der Waals surface area (Å²) in [4.78, 5) is 29.0. The molecule has 2 saturated heterocycles. The van der Waals surface area contributed by atoms with Crippen molar-refractivity contribution in [2.75, 3.05) is 18.0 Å². The van der Waals surface area contributed by atoms with E-state index in [2.05, 4.69) is 32.9 Å². The van der Waals surface area contributed by atoms with Gasteiger partial charge in [0.25, 0.3) is 0 Å². The van der Waals surface area contributed by atoms with E-state index in [-0.39, 0.29) is 17.7 Å². The second kappa shape index (κ2) is 6.96. The Kier molecular flexibility index (Phi) is 4.93. The largest absolute Gasteiger partial charge is 0.340 e. The topological polar surface area (TPSA) is 40.6 Å². The number of carbonyl (C=O) groups excluding carboxylic acids is 2. The predicted molar refractivity (Wildman–Crippen MR) is 96.0 cm³/mol. The van der Waals surface area contributed by atoms with Crippen LogP contribution in [-0.4, -0.2) is 35.8 Å². The van der Waals surface area contributed by atoms with Crippen molar-refractivity contribution >= 4 is 17.5 Å². The number of benzene rings is 1. The molecule has 1 aromatic rings. The van der Waals surface area contributed by atoms with Gasteiger partial charge in [0.15, 0.2) is 0 Å². The fraction of sp³-hybridized carbons (Fsp3) is 0.600. The summed E-state index contributed by atoms with van der Waals surface area (Å²) in [6.45, 7) is 7.79. The zero-order valence-corrected chi connectivity index (χ0v) is 15.0. The second-order valence-corrected chi connectivity index (χ2v) is 7.53. The van der Waals surface area contributed by atoms with E-state index < -0.39 is 0 Å². The highest BCUT2D eigenvalue weighted by Gasteiger charge is 2.38. The molecule has 3 rings (SSSR count). The van der Waals surface area contributed by atoms with Gasteiger partial charge in [-0.05, 0) is 49.8 Å². The number of anilines is 1. The van der Waals surface area contributed by atoms with Gasteiger partial charge in [-0.25, -0.2) is 0 Å². The van der Waals surface area contributed by atoms with Crippen molar-refractivity contribution in [2.24, 2.45) is 5.92 Å². The van der Waals surface area contributed by atoms with Crippen LogP contribution in [0.5, 0.6) is 0 Å². The van der Waals surface area contributed by atoms with Gasteiger partial charge in [0.1, 0.15) is 0 Å². The van der Waals surface area contributed by atoms with Crippen LogP contribution in [0.4, 0.5) is 5.69 Å². The Morgan fingerprint density at radius 2 is 1.88 bits per heavy atom. The van der Waals surface area contributed by atoms with Gasteiger partial charge < -0.3 is 9.80 Å². The number of nitrogens with zero attached hydrogens (tertiary/aromatic N) is 2. The van der Waals surface area contributed by atoms with Crippen LogP contribution < -0.4 is 4.90 Å². The molecule has 0 aliphatic carbocycles. The molecular formula is C20H28N2O2. The molecule has 2 heterocycles. The van der Waals surface area contributed by atoms with Crippen molar-refractivity contribution in [2.45, 2.75) is 58.4 Å². The van der Waals surface area contributed by atoms with Crippen molar-refractivity contribution in [3.63, 3.8) is 0 Å². The number of hydrogen-bond donors (Lipinski definition) is 0. The predicted octanol–water partition coefficient (Wildman–Crippen LogP) is 3.56. The van der Waals surface area contributed by atoms with Crippen molar-refractivity contribution in [1.82, 2.24) is 4.90 Å². The summed E-state index contributed by atoms with van der Waals surface area (Å²) in [6.07, 6.45) is 3.70. The first-order valence-electron chi connectivity index (χ1n) is 9.18. The average Bonchev–Trinajstić information content (AvgIpc) is 2.96. The zero-order chi connectivity index (χ0) is 17.3. The smallest absolute Gasteiger partial charge is 0.228 e. The molecule has 2 aliphatic rings. The number of likely N-dealkylation sites (tertiary alicyclic amines) is 1. The van der Waals surface area contributed by atoms with Crippen molar-refractivity contribution in [3.05, 3.63) is 29.8 Å². The van der Waals surface area contributed by atoms with E-state index in [9.17, 15) is 9.59 Å². The molecule has 130 valence electrons. The van der Waals surface area contributed by atoms with Crippen LogP contribution in [0.25, 0.3) is 0 Å². The van der Waals surface area contributed by atoms with Gasteiger partial charge in [0, 0.05) is 31.2 Å². The maximum atomic E-state index is 12.8. The van der Waals surface area contributed by atoms with Gasteiger partial charge in [0.2, 0.25) is 11.8 Å². The lowest BCUT2D eigenvalue weighted by atomic mass is 9.99. The van der Waals surface area contributed by atoms with E-state index in [4.69, 9.17) is 0 Å². The standard InChI is InChI=1S/C20H28N2O2/c1-14(2)16-7-9-18(10-8-16)22-13-17(12-19(22)23)20(24)21-11-5-4-6-15(21)3/h7-10,14-15,17H,4-6,11-13H2,1-3H3/t15-,17-/m0/s1. The molecule has 4 nitrogen and oxygen atoms in total. The molecule has 4 heteroatoms. The van der Waals surface area contributed by atoms with Crippen LogP contribution in [0.2, 0.25) is 0 Å². The quantitative estimate of drug-likeness (QED) is 0.851. The minimum Gasteiger partial charge on any atom is -0.340 e. The molecule has 2 fully saturated rings. The first-order valence-corrected chi connectivity index (χ1v) is 9.18. The third-order valence-electron chi connectivity index (χ3n) is 5.43. The van der Waals surface area contributed by atoms with Crippen LogP contribution in [0.15, 0.2) is 24.3 Å². The van der Waals surface area contributed by atoms with E-state index in [1.165, 1.54) is 12.0 Å². The van der Waals surface area contributed by atoms with Crippen LogP contribution in [0.3, 0.4) is 0 Å². The Morgan fingerprint density at radius 1 is 1.17 bits per heavy atom. The van der Waals surface area contributed by atoms with Crippen molar-refractivity contribution in [3.8, 4) is 0 Å². The molecule has 1 aromatic carbocycles. The van der Waals surface area contributed by atoms with Crippen LogP contribution in [0.1, 0.15) is 57.9 Å². The molecule has 0 aromatic heterocycles. The van der Waals surface area contributed by atoms with Crippen LogP contribution >= 0.6 is 0 Å². The molecule has 0 N–H and O–H groups in total. The van der Waals surface area contributed by atoms with Crippen molar-refractivity contribution in [1.29, 1.82) is 0 Å². The highest BCUT2D eigenvalue weighted by molar-refractivity contribution is 6.00. The maximum absolute atomic E-state index is 12.8. The number of carbonyl (C=O) groups is 2. The Balaban J connectivity index is 1.70. The van der Waals surface area contributed by atoms with Gasteiger partial charge in [-0.2, -0.15) is 0 Å². The summed E-state index contributed by atoms with van der Waals surface area (Å²) in [5.41, 5.74) is 2.17. The zero-order valence-electron chi connectivity index (χ0n) is 15.0. The van der Waals surface area contributed by atoms with Gasteiger partial charge >= 0.3 is 0 Å². The van der Waals surface area contributed by atoms with Gasteiger partial charge in [-0.15, -0.1) is 0 Å². The molecule has 0 radical (unpaired) electrons. The van der Waals surface area contributed by atoms with Crippen LogP contribution in [0, 0.1) is 5.92 Å². The molecule has 0 unspecified atom stereocenters. The summed E-state index contributed by atoms with van der Waals surface area (Å²) in [5.74, 6) is 0.512. The summed E-state index contributed by atoms with van der Waals surface area (Å²) >= 11 is 0. The average molecular weight is 328 g/mol. The lowest BCUT2D eigenvalue weighted by molar-refractivity contribution is -0.139. The van der Waals surface area contributed by atoms with E-state index in [1.54, 1.807) is 4.90 Å². The van der Waals surface area contributed by atoms with E-state index >= 15 is 0 Å². The summed E-state index contributed by atoms with van der Waals surface area (Å²) in [7, 11) is 0. The molecule has 24 heavy (non-hydrogen) atoms. The Bertz CT molecular complexity index is 609.